The highest BCUT2D eigenvalue weighted by Crippen LogP contribution is 2.21. The Bertz CT molecular complexity index is 116. The van der Waals surface area contributed by atoms with Crippen molar-refractivity contribution in [3.05, 3.63) is 0 Å². The SMILES string of the molecule is CCCCC(C)(C)C(=O)[O-]. The van der Waals surface area contributed by atoms with Gasteiger partial charge in [0.15, 0.2) is 0 Å². The molecular weight excluding hydrogens is 128 g/mol. The highest BCUT2D eigenvalue weighted by molar-refractivity contribution is 5.71. The Hall–Kier alpha value is -0.530. The van der Waals surface area contributed by atoms with Gasteiger partial charge in [-0.3, -0.25) is 0 Å². The molecular formula is C8H15O2-. The van der Waals surface area contributed by atoms with Gasteiger partial charge in [-0.2, -0.15) is 0 Å². The average Bonchev–Trinajstić information content (AvgIpc) is 1.84. The highest BCUT2D eigenvalue weighted by Gasteiger charge is 2.17. The Labute approximate surface area is 62.2 Å². The van der Waals surface area contributed by atoms with Gasteiger partial charge in [-0.25, -0.2) is 0 Å². The van der Waals surface area contributed by atoms with Crippen molar-refractivity contribution >= 4 is 5.97 Å². The Balaban J connectivity index is 3.75. The molecule has 0 aromatic rings. The zero-order valence-corrected chi connectivity index (χ0v) is 6.94. The van der Waals surface area contributed by atoms with Crippen molar-refractivity contribution in [2.24, 2.45) is 5.41 Å². The van der Waals surface area contributed by atoms with E-state index >= 15 is 0 Å². The summed E-state index contributed by atoms with van der Waals surface area (Å²) in [5.74, 6) is -0.944. The summed E-state index contributed by atoms with van der Waals surface area (Å²) in [6, 6.07) is 0. The lowest BCUT2D eigenvalue weighted by Gasteiger charge is -2.25. The summed E-state index contributed by atoms with van der Waals surface area (Å²) < 4.78 is 0. The Morgan fingerprint density at radius 1 is 1.50 bits per heavy atom. The quantitative estimate of drug-likeness (QED) is 0.588. The number of hydrogen-bond donors (Lipinski definition) is 0. The van der Waals surface area contributed by atoms with Crippen molar-refractivity contribution in [2.75, 3.05) is 0 Å². The van der Waals surface area contributed by atoms with Gasteiger partial charge in [-0.15, -0.1) is 0 Å². The monoisotopic (exact) mass is 143 g/mol. The van der Waals surface area contributed by atoms with Gasteiger partial charge >= 0.3 is 0 Å². The van der Waals surface area contributed by atoms with Crippen LogP contribution in [0.5, 0.6) is 0 Å². The van der Waals surface area contributed by atoms with Crippen LogP contribution in [0, 0.1) is 5.41 Å². The predicted octanol–water partition coefficient (Wildman–Crippen LogP) is 0.953. The number of hydrogen-bond acceptors (Lipinski definition) is 2. The first kappa shape index (κ1) is 9.47. The lowest BCUT2D eigenvalue weighted by Crippen LogP contribution is -2.37. The molecule has 0 atom stereocenters. The molecule has 0 N–H and O–H groups in total. The minimum atomic E-state index is -0.944. The van der Waals surface area contributed by atoms with Crippen LogP contribution in [0.4, 0.5) is 0 Å². The lowest BCUT2D eigenvalue weighted by atomic mass is 9.88. The molecule has 0 aliphatic carbocycles. The van der Waals surface area contributed by atoms with Gasteiger partial charge < -0.3 is 9.90 Å². The standard InChI is InChI=1S/C8H16O2/c1-4-5-6-8(2,3)7(9)10/h4-6H2,1-3H3,(H,9,10)/p-1. The molecule has 0 aliphatic heterocycles. The lowest BCUT2D eigenvalue weighted by molar-refractivity contribution is -0.317. The van der Waals surface area contributed by atoms with Crippen molar-refractivity contribution in [1.82, 2.24) is 0 Å². The molecule has 10 heavy (non-hydrogen) atoms. The molecule has 0 heterocycles. The molecule has 0 spiro atoms. The number of aliphatic carboxylic acids is 1. The molecule has 2 heteroatoms. The van der Waals surface area contributed by atoms with Gasteiger partial charge in [0.05, 0.1) is 0 Å². The third-order valence-corrected chi connectivity index (χ3v) is 1.71. The summed E-state index contributed by atoms with van der Waals surface area (Å²) in [7, 11) is 0. The molecule has 0 saturated heterocycles. The zero-order valence-electron chi connectivity index (χ0n) is 6.94. The van der Waals surface area contributed by atoms with Crippen LogP contribution in [-0.4, -0.2) is 5.97 Å². The fourth-order valence-corrected chi connectivity index (χ4v) is 0.721. The van der Waals surface area contributed by atoms with Crippen LogP contribution in [-0.2, 0) is 4.79 Å². The Kier molecular flexibility index (Phi) is 3.40. The van der Waals surface area contributed by atoms with Crippen LogP contribution in [0.15, 0.2) is 0 Å². The van der Waals surface area contributed by atoms with Crippen molar-refractivity contribution in [3.8, 4) is 0 Å². The molecule has 60 valence electrons. The molecule has 0 radical (unpaired) electrons. The number of carboxylic acid groups (broad SMARTS) is 1. The molecule has 2 nitrogen and oxygen atoms in total. The predicted molar refractivity (Wildman–Crippen MR) is 38.3 cm³/mol. The van der Waals surface area contributed by atoms with Gasteiger partial charge in [0.25, 0.3) is 0 Å². The van der Waals surface area contributed by atoms with Crippen LogP contribution in [0.25, 0.3) is 0 Å². The molecule has 0 saturated carbocycles. The van der Waals surface area contributed by atoms with Gasteiger partial charge in [-0.05, 0) is 6.42 Å². The smallest absolute Gasteiger partial charge is 0.0470 e. The van der Waals surface area contributed by atoms with E-state index in [0.29, 0.717) is 6.42 Å². The van der Waals surface area contributed by atoms with Crippen LogP contribution in [0.3, 0.4) is 0 Å². The van der Waals surface area contributed by atoms with Crippen molar-refractivity contribution in [1.29, 1.82) is 0 Å². The number of unbranched alkanes of at least 4 members (excludes halogenated alkanes) is 1. The molecule has 0 aliphatic rings. The van der Waals surface area contributed by atoms with E-state index < -0.39 is 11.4 Å². The van der Waals surface area contributed by atoms with Crippen LogP contribution < -0.4 is 5.11 Å². The number of rotatable bonds is 4. The second kappa shape index (κ2) is 3.59. The van der Waals surface area contributed by atoms with E-state index in [1.54, 1.807) is 13.8 Å². The third kappa shape index (κ3) is 2.85. The van der Waals surface area contributed by atoms with E-state index in [1.807, 2.05) is 6.92 Å². The average molecular weight is 143 g/mol. The summed E-state index contributed by atoms with van der Waals surface area (Å²) in [4.78, 5) is 10.4. The fraction of sp³-hybridized carbons (Fsp3) is 0.875. The van der Waals surface area contributed by atoms with E-state index in [9.17, 15) is 9.90 Å². The largest absolute Gasteiger partial charge is 0.550 e. The third-order valence-electron chi connectivity index (χ3n) is 1.71. The Morgan fingerprint density at radius 2 is 2.00 bits per heavy atom. The summed E-state index contributed by atoms with van der Waals surface area (Å²) in [6.45, 7) is 5.46. The molecule has 0 amide bonds. The van der Waals surface area contributed by atoms with Gasteiger partial charge in [0.2, 0.25) is 0 Å². The first-order valence-corrected chi connectivity index (χ1v) is 3.72. The zero-order chi connectivity index (χ0) is 8.20. The minimum Gasteiger partial charge on any atom is -0.550 e. The van der Waals surface area contributed by atoms with E-state index in [2.05, 4.69) is 0 Å². The molecule has 0 unspecified atom stereocenters. The number of carboxylic acids is 1. The Morgan fingerprint density at radius 3 is 2.30 bits per heavy atom. The molecule has 0 aromatic heterocycles. The van der Waals surface area contributed by atoms with Crippen molar-refractivity contribution < 1.29 is 9.90 Å². The summed E-state index contributed by atoms with van der Waals surface area (Å²) in [5, 5.41) is 10.4. The first-order chi connectivity index (χ1) is 4.50. The van der Waals surface area contributed by atoms with Crippen LogP contribution >= 0.6 is 0 Å². The highest BCUT2D eigenvalue weighted by atomic mass is 16.4. The van der Waals surface area contributed by atoms with Gasteiger partial charge in [-0.1, -0.05) is 33.6 Å². The van der Waals surface area contributed by atoms with Crippen LogP contribution in [0.1, 0.15) is 40.0 Å². The van der Waals surface area contributed by atoms with Crippen molar-refractivity contribution in [3.63, 3.8) is 0 Å². The van der Waals surface area contributed by atoms with E-state index in [4.69, 9.17) is 0 Å². The molecule has 0 rings (SSSR count). The van der Waals surface area contributed by atoms with Gasteiger partial charge in [0, 0.05) is 11.4 Å². The van der Waals surface area contributed by atoms with Crippen LogP contribution in [0.2, 0.25) is 0 Å². The molecule has 0 fully saturated rings. The summed E-state index contributed by atoms with van der Waals surface area (Å²) in [6.07, 6.45) is 2.71. The maximum Gasteiger partial charge on any atom is 0.0470 e. The topological polar surface area (TPSA) is 40.1 Å². The normalized spacial score (nSPS) is 11.5. The van der Waals surface area contributed by atoms with E-state index in [-0.39, 0.29) is 0 Å². The van der Waals surface area contributed by atoms with E-state index in [0.717, 1.165) is 12.8 Å². The number of carbonyl (C=O) groups excluding carboxylic acids is 1. The maximum absolute atomic E-state index is 10.4. The van der Waals surface area contributed by atoms with E-state index in [1.165, 1.54) is 0 Å². The number of carbonyl (C=O) groups is 1. The summed E-state index contributed by atoms with van der Waals surface area (Å²) >= 11 is 0. The minimum absolute atomic E-state index is 0.643. The maximum atomic E-state index is 10.4. The first-order valence-electron chi connectivity index (χ1n) is 3.72. The molecule has 0 bridgehead atoms. The summed E-state index contributed by atoms with van der Waals surface area (Å²) in [5.41, 5.74) is -0.643. The second-order valence-corrected chi connectivity index (χ2v) is 3.27. The van der Waals surface area contributed by atoms with Gasteiger partial charge in [0.1, 0.15) is 0 Å². The molecule has 0 aromatic carbocycles. The second-order valence-electron chi connectivity index (χ2n) is 3.27. The fourth-order valence-electron chi connectivity index (χ4n) is 0.721. The van der Waals surface area contributed by atoms with Crippen molar-refractivity contribution in [2.45, 2.75) is 40.0 Å².